The molecule has 0 radical (unpaired) electrons. The molecule has 4 saturated carbocycles. The molecule has 2 aromatic rings. The van der Waals surface area contributed by atoms with Gasteiger partial charge in [0.2, 0.25) is 5.91 Å². The molecule has 1 unspecified atom stereocenters. The third kappa shape index (κ3) is 5.21. The molecule has 0 heterocycles. The minimum Gasteiger partial charge on any atom is -0.454 e. The lowest BCUT2D eigenvalue weighted by atomic mass is 9.53. The number of ether oxygens (including phenoxy) is 1. The first-order valence-electron chi connectivity index (χ1n) is 13.0. The summed E-state index contributed by atoms with van der Waals surface area (Å²) in [6.07, 6.45) is 7.24. The summed E-state index contributed by atoms with van der Waals surface area (Å²) in [7, 11) is 0. The summed E-state index contributed by atoms with van der Waals surface area (Å²) < 4.78 is 5.40. The van der Waals surface area contributed by atoms with Crippen molar-refractivity contribution in [3.05, 3.63) is 48.0 Å². The van der Waals surface area contributed by atoms with Gasteiger partial charge in [0.1, 0.15) is 6.04 Å². The molecule has 1 atom stereocenters. The van der Waals surface area contributed by atoms with E-state index >= 15 is 0 Å². The molecule has 35 heavy (non-hydrogen) atoms. The van der Waals surface area contributed by atoms with Gasteiger partial charge >= 0.3 is 5.97 Å². The van der Waals surface area contributed by atoms with Gasteiger partial charge in [0.25, 0.3) is 5.91 Å². The van der Waals surface area contributed by atoms with Gasteiger partial charge in [0.05, 0.1) is 6.42 Å². The lowest BCUT2D eigenvalue weighted by Gasteiger charge is -2.56. The monoisotopic (exact) mass is 476 g/mol. The lowest BCUT2D eigenvalue weighted by molar-refractivity contribution is -0.154. The van der Waals surface area contributed by atoms with Crippen LogP contribution in [-0.2, 0) is 25.5 Å². The Hall–Kier alpha value is -2.89. The number of benzene rings is 2. The van der Waals surface area contributed by atoms with Crippen molar-refractivity contribution >= 4 is 28.6 Å². The van der Waals surface area contributed by atoms with E-state index in [9.17, 15) is 14.4 Å². The van der Waals surface area contributed by atoms with Crippen molar-refractivity contribution in [3.8, 4) is 0 Å². The van der Waals surface area contributed by atoms with E-state index in [1.807, 2.05) is 56.3 Å². The first-order chi connectivity index (χ1) is 16.8. The Morgan fingerprint density at radius 2 is 1.54 bits per heavy atom. The van der Waals surface area contributed by atoms with Crippen molar-refractivity contribution in [3.63, 3.8) is 0 Å². The Morgan fingerprint density at radius 3 is 2.20 bits per heavy atom. The molecular formula is C29H36N2O4. The van der Waals surface area contributed by atoms with E-state index in [4.69, 9.17) is 4.74 Å². The maximum absolute atomic E-state index is 12.8. The van der Waals surface area contributed by atoms with Crippen LogP contribution in [0.2, 0.25) is 0 Å². The number of amides is 2. The molecule has 4 bridgehead atoms. The highest BCUT2D eigenvalue weighted by molar-refractivity contribution is 5.92. The van der Waals surface area contributed by atoms with Crippen LogP contribution in [0.3, 0.4) is 0 Å². The minimum absolute atomic E-state index is 0.109. The molecule has 6 rings (SSSR count). The summed E-state index contributed by atoms with van der Waals surface area (Å²) in [5, 5.41) is 8.16. The summed E-state index contributed by atoms with van der Waals surface area (Å²) in [6.45, 7) is 3.42. The number of rotatable bonds is 8. The zero-order valence-corrected chi connectivity index (χ0v) is 20.7. The molecule has 4 fully saturated rings. The predicted molar refractivity (Wildman–Crippen MR) is 134 cm³/mol. The fourth-order valence-corrected chi connectivity index (χ4v) is 7.16. The average Bonchev–Trinajstić information content (AvgIpc) is 2.80. The van der Waals surface area contributed by atoms with Gasteiger partial charge in [0, 0.05) is 5.54 Å². The summed E-state index contributed by atoms with van der Waals surface area (Å²) in [6, 6.07) is 13.0. The zero-order valence-electron chi connectivity index (χ0n) is 20.7. The average molecular weight is 477 g/mol. The number of esters is 1. The van der Waals surface area contributed by atoms with Gasteiger partial charge in [-0.25, -0.2) is 4.79 Å². The molecule has 2 N–H and O–H groups in total. The summed E-state index contributed by atoms with van der Waals surface area (Å²) in [5.41, 5.74) is 0.800. The molecule has 6 heteroatoms. The van der Waals surface area contributed by atoms with E-state index < -0.39 is 12.0 Å². The number of hydrogen-bond donors (Lipinski definition) is 2. The lowest BCUT2D eigenvalue weighted by Crippen LogP contribution is -2.60. The summed E-state index contributed by atoms with van der Waals surface area (Å²) in [4.78, 5) is 38.4. The third-order valence-electron chi connectivity index (χ3n) is 8.26. The standard InChI is InChI=1S/C29H36N2O4/c1-18(2)27(30-25(32)13-23-8-5-7-22-6-3-4-9-24(22)23)28(34)35-17-26(33)31-29-14-19-10-20(15-29)12-21(11-19)16-29/h3-9,18-21,27H,10-17H2,1-2H3,(H,30,32)(H,31,33). The highest BCUT2D eigenvalue weighted by Crippen LogP contribution is 2.55. The molecule has 6 nitrogen and oxygen atoms in total. The Bertz CT molecular complexity index is 1080. The Labute approximate surface area is 207 Å². The van der Waals surface area contributed by atoms with Crippen LogP contribution in [0.5, 0.6) is 0 Å². The maximum atomic E-state index is 12.8. The topological polar surface area (TPSA) is 84.5 Å². The first kappa shape index (κ1) is 23.8. The van der Waals surface area contributed by atoms with E-state index in [0.717, 1.165) is 53.4 Å². The molecule has 186 valence electrons. The van der Waals surface area contributed by atoms with E-state index in [1.54, 1.807) is 0 Å². The van der Waals surface area contributed by atoms with Gasteiger partial charge in [-0.2, -0.15) is 0 Å². The van der Waals surface area contributed by atoms with E-state index in [2.05, 4.69) is 10.6 Å². The Morgan fingerprint density at radius 1 is 0.914 bits per heavy atom. The van der Waals surface area contributed by atoms with Crippen LogP contribution >= 0.6 is 0 Å². The van der Waals surface area contributed by atoms with Crippen molar-refractivity contribution in [1.82, 2.24) is 10.6 Å². The van der Waals surface area contributed by atoms with Gasteiger partial charge in [-0.1, -0.05) is 56.3 Å². The second-order valence-corrected chi connectivity index (χ2v) is 11.5. The quantitative estimate of drug-likeness (QED) is 0.561. The van der Waals surface area contributed by atoms with E-state index in [0.29, 0.717) is 0 Å². The van der Waals surface area contributed by atoms with Crippen LogP contribution in [0, 0.1) is 23.7 Å². The fourth-order valence-electron chi connectivity index (χ4n) is 7.16. The van der Waals surface area contributed by atoms with Crippen molar-refractivity contribution in [2.24, 2.45) is 23.7 Å². The zero-order chi connectivity index (χ0) is 24.6. The molecule has 4 aliphatic rings. The molecule has 0 saturated heterocycles. The van der Waals surface area contributed by atoms with Crippen LogP contribution in [-0.4, -0.2) is 36.0 Å². The molecule has 0 aliphatic heterocycles. The van der Waals surface area contributed by atoms with Gasteiger partial charge in [-0.3, -0.25) is 9.59 Å². The highest BCUT2D eigenvalue weighted by Gasteiger charge is 2.51. The summed E-state index contributed by atoms with van der Waals surface area (Å²) in [5.74, 6) is 0.987. The highest BCUT2D eigenvalue weighted by atomic mass is 16.5. The van der Waals surface area contributed by atoms with E-state index in [1.165, 1.54) is 19.3 Å². The third-order valence-corrected chi connectivity index (χ3v) is 8.26. The molecule has 2 aromatic carbocycles. The maximum Gasteiger partial charge on any atom is 0.329 e. The fraction of sp³-hybridized carbons (Fsp3) is 0.552. The van der Waals surface area contributed by atoms with Crippen molar-refractivity contribution in [2.45, 2.75) is 70.4 Å². The molecular weight excluding hydrogens is 440 g/mol. The second-order valence-electron chi connectivity index (χ2n) is 11.5. The largest absolute Gasteiger partial charge is 0.454 e. The molecule has 4 aliphatic carbocycles. The number of carbonyl (C=O) groups is 3. The van der Waals surface area contributed by atoms with E-state index in [-0.39, 0.29) is 36.3 Å². The molecule has 0 spiro atoms. The number of hydrogen-bond acceptors (Lipinski definition) is 4. The number of nitrogens with one attached hydrogen (secondary N) is 2. The van der Waals surface area contributed by atoms with Crippen LogP contribution in [0.25, 0.3) is 10.8 Å². The van der Waals surface area contributed by atoms with Gasteiger partial charge < -0.3 is 15.4 Å². The molecule has 2 amide bonds. The SMILES string of the molecule is CC(C)C(NC(=O)Cc1cccc2ccccc12)C(=O)OCC(=O)NC12CC3CC(CC(C3)C1)C2. The Balaban J connectivity index is 1.15. The van der Waals surface area contributed by atoms with Gasteiger partial charge in [0.15, 0.2) is 6.61 Å². The number of carbonyl (C=O) groups excluding carboxylic acids is 3. The van der Waals surface area contributed by atoms with Gasteiger partial charge in [-0.05, 0) is 78.5 Å². The van der Waals surface area contributed by atoms with Crippen LogP contribution in [0.15, 0.2) is 42.5 Å². The van der Waals surface area contributed by atoms with Crippen molar-refractivity contribution in [1.29, 1.82) is 0 Å². The van der Waals surface area contributed by atoms with Crippen molar-refractivity contribution < 1.29 is 19.1 Å². The second kappa shape index (κ2) is 9.63. The van der Waals surface area contributed by atoms with Crippen LogP contribution < -0.4 is 10.6 Å². The minimum atomic E-state index is -0.801. The van der Waals surface area contributed by atoms with Crippen LogP contribution in [0.1, 0.15) is 57.9 Å². The van der Waals surface area contributed by atoms with Gasteiger partial charge in [-0.15, -0.1) is 0 Å². The Kier molecular flexibility index (Phi) is 6.56. The normalized spacial score (nSPS) is 27.6. The first-order valence-corrected chi connectivity index (χ1v) is 13.0. The summed E-state index contributed by atoms with van der Waals surface area (Å²) >= 11 is 0. The van der Waals surface area contributed by atoms with Crippen LogP contribution in [0.4, 0.5) is 0 Å². The molecule has 0 aromatic heterocycles. The smallest absolute Gasteiger partial charge is 0.329 e. The van der Waals surface area contributed by atoms with Crippen molar-refractivity contribution in [2.75, 3.05) is 6.61 Å². The number of fused-ring (bicyclic) bond motifs is 1. The predicted octanol–water partition coefficient (Wildman–Crippen LogP) is 4.15.